The number of anilines is 1. The summed E-state index contributed by atoms with van der Waals surface area (Å²) in [6, 6.07) is 10.1. The maximum Gasteiger partial charge on any atom is 0.243 e. The number of nitrogens with zero attached hydrogens (tertiary/aromatic N) is 4. The van der Waals surface area contributed by atoms with Crippen LogP contribution in [0.15, 0.2) is 47.6 Å². The highest BCUT2D eigenvalue weighted by molar-refractivity contribution is 7.89. The van der Waals surface area contributed by atoms with E-state index in [-0.39, 0.29) is 16.0 Å². The first-order valence-corrected chi connectivity index (χ1v) is 12.7. The van der Waals surface area contributed by atoms with Crippen molar-refractivity contribution in [1.82, 2.24) is 19.2 Å². The molecule has 1 N–H and O–H groups in total. The molecule has 1 atom stereocenters. The standard InChI is InChI=1S/C21H22Cl3N5O2S/c1-14(27-21-16-3-2-4-18(23)20(16)25-13-26-21)12-28-7-9-29(10-8-28)32(30,31)15-5-6-17(22)19(24)11-15/h2-6,11,13-14H,7-10,12H2,1H3,(H,25,26,27)/t14-/m0/s1. The lowest BCUT2D eigenvalue weighted by molar-refractivity contribution is 0.184. The Labute approximate surface area is 202 Å². The van der Waals surface area contributed by atoms with Gasteiger partial charge in [-0.05, 0) is 37.3 Å². The van der Waals surface area contributed by atoms with Crippen molar-refractivity contribution in [3.05, 3.63) is 57.8 Å². The molecule has 0 saturated carbocycles. The molecule has 2 aromatic carbocycles. The summed E-state index contributed by atoms with van der Waals surface area (Å²) in [6.45, 7) is 4.87. The summed E-state index contributed by atoms with van der Waals surface area (Å²) in [5.74, 6) is 0.728. The van der Waals surface area contributed by atoms with Gasteiger partial charge in [-0.3, -0.25) is 4.90 Å². The zero-order valence-electron chi connectivity index (χ0n) is 17.3. The van der Waals surface area contributed by atoms with Crippen molar-refractivity contribution in [2.45, 2.75) is 17.9 Å². The van der Waals surface area contributed by atoms with E-state index < -0.39 is 10.0 Å². The number of piperazine rings is 1. The lowest BCUT2D eigenvalue weighted by atomic mass is 10.2. The van der Waals surface area contributed by atoms with Gasteiger partial charge in [-0.15, -0.1) is 0 Å². The number of hydrogen-bond acceptors (Lipinski definition) is 6. The van der Waals surface area contributed by atoms with Crippen molar-refractivity contribution in [2.75, 3.05) is 38.0 Å². The van der Waals surface area contributed by atoms with Crippen molar-refractivity contribution in [3.63, 3.8) is 0 Å². The van der Waals surface area contributed by atoms with Crippen LogP contribution in [0.25, 0.3) is 10.9 Å². The van der Waals surface area contributed by atoms with E-state index >= 15 is 0 Å². The molecule has 0 bridgehead atoms. The molecule has 32 heavy (non-hydrogen) atoms. The number of hydrogen-bond donors (Lipinski definition) is 1. The number of benzene rings is 2. The third-order valence-electron chi connectivity index (χ3n) is 5.39. The molecule has 3 aromatic rings. The summed E-state index contributed by atoms with van der Waals surface area (Å²) in [7, 11) is -3.61. The fourth-order valence-corrected chi connectivity index (χ4v) is 5.81. The van der Waals surface area contributed by atoms with Crippen LogP contribution in [0.1, 0.15) is 6.92 Å². The quantitative estimate of drug-likeness (QED) is 0.525. The highest BCUT2D eigenvalue weighted by Gasteiger charge is 2.29. The van der Waals surface area contributed by atoms with Gasteiger partial charge in [0, 0.05) is 44.2 Å². The topological polar surface area (TPSA) is 78.4 Å². The molecule has 0 unspecified atom stereocenters. The van der Waals surface area contributed by atoms with Crippen LogP contribution in [-0.2, 0) is 10.0 Å². The first kappa shape index (κ1) is 23.5. The van der Waals surface area contributed by atoms with Crippen LogP contribution >= 0.6 is 34.8 Å². The van der Waals surface area contributed by atoms with Crippen LogP contribution in [-0.4, -0.2) is 66.4 Å². The van der Waals surface area contributed by atoms with Crippen LogP contribution in [0.5, 0.6) is 0 Å². The minimum atomic E-state index is -3.61. The Morgan fingerprint density at radius 3 is 2.47 bits per heavy atom. The van der Waals surface area contributed by atoms with E-state index in [2.05, 4.69) is 27.1 Å². The fourth-order valence-electron chi connectivity index (χ4n) is 3.77. The van der Waals surface area contributed by atoms with Gasteiger partial charge in [-0.25, -0.2) is 18.4 Å². The van der Waals surface area contributed by atoms with Crippen molar-refractivity contribution < 1.29 is 8.42 Å². The average Bonchev–Trinajstić information content (AvgIpc) is 2.76. The molecule has 1 aromatic heterocycles. The van der Waals surface area contributed by atoms with Crippen molar-refractivity contribution >= 4 is 61.5 Å². The molecule has 1 fully saturated rings. The Morgan fingerprint density at radius 1 is 1.00 bits per heavy atom. The number of sulfonamides is 1. The van der Waals surface area contributed by atoms with Gasteiger partial charge >= 0.3 is 0 Å². The predicted molar refractivity (Wildman–Crippen MR) is 129 cm³/mol. The van der Waals surface area contributed by atoms with E-state index in [1.165, 1.54) is 28.8 Å². The molecule has 170 valence electrons. The summed E-state index contributed by atoms with van der Waals surface area (Å²) in [6.07, 6.45) is 1.50. The van der Waals surface area contributed by atoms with Crippen LogP contribution in [0, 0.1) is 0 Å². The SMILES string of the molecule is C[C@@H](CN1CCN(S(=O)(=O)c2ccc(Cl)c(Cl)c2)CC1)Nc1ncnc2c(Cl)cccc12. The lowest BCUT2D eigenvalue weighted by Crippen LogP contribution is -2.50. The Bertz CT molecular complexity index is 1230. The van der Waals surface area contributed by atoms with Gasteiger partial charge in [0.25, 0.3) is 0 Å². The maximum absolute atomic E-state index is 12.9. The van der Waals surface area contributed by atoms with Gasteiger partial charge in [0.05, 0.1) is 25.5 Å². The summed E-state index contributed by atoms with van der Waals surface area (Å²) in [5.41, 5.74) is 0.708. The minimum Gasteiger partial charge on any atom is -0.366 e. The Morgan fingerprint density at radius 2 is 1.75 bits per heavy atom. The smallest absolute Gasteiger partial charge is 0.243 e. The van der Waals surface area contributed by atoms with Crippen molar-refractivity contribution in [2.24, 2.45) is 0 Å². The molecule has 1 saturated heterocycles. The third-order valence-corrected chi connectivity index (χ3v) is 8.33. The minimum absolute atomic E-state index is 0.0883. The first-order chi connectivity index (χ1) is 15.3. The van der Waals surface area contributed by atoms with Crippen LogP contribution < -0.4 is 5.32 Å². The fraction of sp³-hybridized carbons (Fsp3) is 0.333. The number of nitrogens with one attached hydrogen (secondary N) is 1. The third kappa shape index (κ3) is 4.95. The van der Waals surface area contributed by atoms with Crippen LogP contribution in [0.3, 0.4) is 0 Å². The second kappa shape index (κ2) is 9.67. The van der Waals surface area contributed by atoms with Gasteiger partial charge in [0.1, 0.15) is 12.1 Å². The van der Waals surface area contributed by atoms with Gasteiger partial charge in [-0.1, -0.05) is 40.9 Å². The molecular formula is C21H22Cl3N5O2S. The van der Waals surface area contributed by atoms with E-state index in [0.29, 0.717) is 41.7 Å². The normalized spacial score (nSPS) is 16.9. The van der Waals surface area contributed by atoms with E-state index in [1.807, 2.05) is 12.1 Å². The van der Waals surface area contributed by atoms with E-state index in [9.17, 15) is 8.42 Å². The predicted octanol–water partition coefficient (Wildman–Crippen LogP) is 4.40. The Balaban J connectivity index is 1.37. The highest BCUT2D eigenvalue weighted by atomic mass is 35.5. The Hall–Kier alpha value is -1.68. The number of halogens is 3. The molecule has 0 radical (unpaired) electrons. The summed E-state index contributed by atoms with van der Waals surface area (Å²) >= 11 is 18.2. The summed E-state index contributed by atoms with van der Waals surface area (Å²) < 4.78 is 27.4. The molecule has 7 nitrogen and oxygen atoms in total. The molecule has 2 heterocycles. The van der Waals surface area contributed by atoms with Gasteiger partial charge in [-0.2, -0.15) is 4.31 Å². The van der Waals surface area contributed by atoms with Crippen LogP contribution in [0.4, 0.5) is 5.82 Å². The zero-order chi connectivity index (χ0) is 22.9. The largest absolute Gasteiger partial charge is 0.366 e. The van der Waals surface area contributed by atoms with Crippen LogP contribution in [0.2, 0.25) is 15.1 Å². The van der Waals surface area contributed by atoms with Gasteiger partial charge < -0.3 is 5.32 Å². The highest BCUT2D eigenvalue weighted by Crippen LogP contribution is 2.28. The molecule has 4 rings (SSSR count). The number of fused-ring (bicyclic) bond motifs is 1. The first-order valence-electron chi connectivity index (χ1n) is 10.1. The Kier molecular flexibility index (Phi) is 7.09. The van der Waals surface area contributed by atoms with E-state index in [0.717, 1.165) is 17.7 Å². The second-order valence-corrected chi connectivity index (χ2v) is 10.8. The number of para-hydroxylation sites is 1. The monoisotopic (exact) mass is 513 g/mol. The van der Waals surface area contributed by atoms with Gasteiger partial charge in [0.2, 0.25) is 10.0 Å². The molecule has 1 aliphatic heterocycles. The molecule has 0 aliphatic carbocycles. The zero-order valence-corrected chi connectivity index (χ0v) is 20.4. The van der Waals surface area contributed by atoms with Crippen molar-refractivity contribution in [1.29, 1.82) is 0 Å². The summed E-state index contributed by atoms with van der Waals surface area (Å²) in [4.78, 5) is 11.0. The van der Waals surface area contributed by atoms with E-state index in [4.69, 9.17) is 34.8 Å². The molecule has 11 heteroatoms. The summed E-state index contributed by atoms with van der Waals surface area (Å²) in [5, 5.41) is 5.43. The maximum atomic E-state index is 12.9. The lowest BCUT2D eigenvalue weighted by Gasteiger charge is -2.35. The molecular weight excluding hydrogens is 493 g/mol. The second-order valence-electron chi connectivity index (χ2n) is 7.68. The molecule has 0 amide bonds. The number of rotatable bonds is 6. The molecule has 1 aliphatic rings. The van der Waals surface area contributed by atoms with Gasteiger partial charge in [0.15, 0.2) is 0 Å². The number of aromatic nitrogens is 2. The average molecular weight is 515 g/mol. The van der Waals surface area contributed by atoms with Crippen molar-refractivity contribution in [3.8, 4) is 0 Å². The van der Waals surface area contributed by atoms with E-state index in [1.54, 1.807) is 6.07 Å². The molecule has 0 spiro atoms.